The molecule has 0 saturated heterocycles. The van der Waals surface area contributed by atoms with Gasteiger partial charge in [-0.1, -0.05) is 74.4 Å². The van der Waals surface area contributed by atoms with Gasteiger partial charge in [0.05, 0.1) is 10.9 Å². The largest absolute Gasteiger partial charge is 0.322 e. The second-order valence-corrected chi connectivity index (χ2v) is 11.9. The van der Waals surface area contributed by atoms with Crippen LogP contribution < -0.4 is 22.5 Å². The van der Waals surface area contributed by atoms with Crippen LogP contribution in [0.4, 0.5) is 0 Å². The number of allylic oxidation sites excluding steroid dienone is 2. The van der Waals surface area contributed by atoms with Crippen LogP contribution >= 0.6 is 0 Å². The van der Waals surface area contributed by atoms with Gasteiger partial charge in [-0.05, 0) is 69.2 Å². The third kappa shape index (κ3) is 10.4. The number of aryl methyl sites for hydroxylation is 1. The summed E-state index contributed by atoms with van der Waals surface area (Å²) in [7, 11) is -4.02. The molecule has 2 rings (SSSR count). The van der Waals surface area contributed by atoms with E-state index in [4.69, 9.17) is 16.1 Å². The smallest absolute Gasteiger partial charge is 0.294 e. The van der Waals surface area contributed by atoms with E-state index in [1.807, 2.05) is 57.2 Å². The fraction of sp³-hybridized carbons (Fsp3) is 0.433. The highest BCUT2D eigenvalue weighted by atomic mass is 32.2. The van der Waals surface area contributed by atoms with Crippen LogP contribution in [0.2, 0.25) is 0 Å². The molecule has 8 N–H and O–H groups in total. The summed E-state index contributed by atoms with van der Waals surface area (Å²) in [6, 6.07) is 14.8. The average Bonchev–Trinajstić information content (AvgIpc) is 2.96. The number of amides is 2. The summed E-state index contributed by atoms with van der Waals surface area (Å²) < 4.78 is 29.6. The van der Waals surface area contributed by atoms with Gasteiger partial charge in [-0.2, -0.15) is 8.42 Å². The molecule has 0 radical (unpaired) electrons. The molecule has 0 aliphatic rings. The number of hydrazine groups is 1. The molecule has 42 heavy (non-hydrogen) atoms. The van der Waals surface area contributed by atoms with Gasteiger partial charge in [0.25, 0.3) is 10.1 Å². The standard InChI is InChI=1S/C23H36N4O4.C7H8O3S/c1-5-13-23(22(30)26-25,20(28)17(4)24)14-16(3)19(21(29)27-31)12-11-15(2)18-9-7-6-8-10-18;1-6-2-4-7(5-3-6)11(8,9)10/h6-11,16-17,19,31H,5,12-14,24-25H2,1-4H3,(H,26,30)(H,27,29);2-5H,1H3,(H,8,9,10)/b15-11+;/t16-,17-,19+,23?;/m1./s1. The van der Waals surface area contributed by atoms with Crippen molar-refractivity contribution in [3.05, 3.63) is 71.8 Å². The van der Waals surface area contributed by atoms with Crippen LogP contribution in [-0.2, 0) is 24.5 Å². The van der Waals surface area contributed by atoms with Crippen LogP contribution in [0.15, 0.2) is 65.6 Å². The first-order chi connectivity index (χ1) is 19.6. The molecule has 232 valence electrons. The van der Waals surface area contributed by atoms with Crippen molar-refractivity contribution in [3.8, 4) is 0 Å². The van der Waals surface area contributed by atoms with E-state index in [0.29, 0.717) is 12.8 Å². The molecule has 0 aliphatic heterocycles. The minimum Gasteiger partial charge on any atom is -0.322 e. The van der Waals surface area contributed by atoms with Gasteiger partial charge in [-0.3, -0.25) is 29.6 Å². The van der Waals surface area contributed by atoms with Crippen LogP contribution in [0, 0.1) is 24.2 Å². The normalized spacial score (nSPS) is 15.2. The van der Waals surface area contributed by atoms with E-state index >= 15 is 0 Å². The lowest BCUT2D eigenvalue weighted by atomic mass is 9.68. The number of hydrogen-bond acceptors (Lipinski definition) is 8. The van der Waals surface area contributed by atoms with Crippen molar-refractivity contribution in [2.75, 3.05) is 0 Å². The van der Waals surface area contributed by atoms with E-state index in [9.17, 15) is 28.0 Å². The minimum atomic E-state index is -4.02. The predicted octanol–water partition coefficient (Wildman–Crippen LogP) is 3.56. The topological polar surface area (TPSA) is 202 Å². The fourth-order valence-corrected chi connectivity index (χ4v) is 5.33. The summed E-state index contributed by atoms with van der Waals surface area (Å²) in [5.74, 6) is 2.73. The Labute approximate surface area is 248 Å². The van der Waals surface area contributed by atoms with E-state index in [1.54, 1.807) is 24.5 Å². The minimum absolute atomic E-state index is 0.0666. The molecule has 12 heteroatoms. The molecular weight excluding hydrogens is 560 g/mol. The molecule has 4 atom stereocenters. The van der Waals surface area contributed by atoms with Gasteiger partial charge in [-0.25, -0.2) is 11.3 Å². The zero-order valence-corrected chi connectivity index (χ0v) is 25.6. The molecule has 0 bridgehead atoms. The van der Waals surface area contributed by atoms with Crippen molar-refractivity contribution in [3.63, 3.8) is 0 Å². The first-order valence-electron chi connectivity index (χ1n) is 13.7. The Morgan fingerprint density at radius 3 is 2.07 bits per heavy atom. The number of ketones is 1. The first-order valence-corrected chi connectivity index (χ1v) is 15.1. The Morgan fingerprint density at radius 1 is 1.05 bits per heavy atom. The quantitative estimate of drug-likeness (QED) is 0.0493. The molecule has 11 nitrogen and oxygen atoms in total. The van der Waals surface area contributed by atoms with Crippen molar-refractivity contribution in [2.24, 2.45) is 28.8 Å². The molecule has 0 aromatic heterocycles. The molecule has 0 fully saturated rings. The predicted molar refractivity (Wildman–Crippen MR) is 161 cm³/mol. The molecule has 0 heterocycles. The van der Waals surface area contributed by atoms with Crippen molar-refractivity contribution in [2.45, 2.75) is 71.2 Å². The van der Waals surface area contributed by atoms with Crippen molar-refractivity contribution >= 4 is 33.3 Å². The van der Waals surface area contributed by atoms with Crippen LogP contribution in [0.3, 0.4) is 0 Å². The molecule has 0 saturated carbocycles. The number of nitrogens with one attached hydrogen (secondary N) is 2. The van der Waals surface area contributed by atoms with Gasteiger partial charge in [0.15, 0.2) is 5.78 Å². The Morgan fingerprint density at radius 2 is 1.62 bits per heavy atom. The highest BCUT2D eigenvalue weighted by molar-refractivity contribution is 7.85. The first kappa shape index (κ1) is 36.6. The second-order valence-electron chi connectivity index (χ2n) is 10.5. The molecular formula is C30H44N4O7S. The summed E-state index contributed by atoms with van der Waals surface area (Å²) in [6.45, 7) is 8.96. The molecule has 1 unspecified atom stereocenters. The summed E-state index contributed by atoms with van der Waals surface area (Å²) >= 11 is 0. The van der Waals surface area contributed by atoms with Gasteiger partial charge >= 0.3 is 0 Å². The Hall–Kier alpha value is -3.42. The van der Waals surface area contributed by atoms with E-state index in [2.05, 4.69) is 5.43 Å². The Kier molecular flexibility index (Phi) is 14.7. The van der Waals surface area contributed by atoms with E-state index in [0.717, 1.165) is 16.7 Å². The summed E-state index contributed by atoms with van der Waals surface area (Å²) in [6.07, 6.45) is 3.15. The molecule has 2 amide bonds. The number of carbonyl (C=O) groups excluding carboxylic acids is 3. The van der Waals surface area contributed by atoms with E-state index < -0.39 is 51.0 Å². The number of benzene rings is 2. The van der Waals surface area contributed by atoms with Gasteiger partial charge in [0.1, 0.15) is 5.41 Å². The van der Waals surface area contributed by atoms with Crippen LogP contribution in [0.25, 0.3) is 5.57 Å². The number of carbonyl (C=O) groups is 3. The monoisotopic (exact) mass is 604 g/mol. The molecule has 0 aliphatic carbocycles. The van der Waals surface area contributed by atoms with Crippen LogP contribution in [0.5, 0.6) is 0 Å². The Bertz CT molecular complexity index is 1310. The SMILES string of the molecule is CCCC(C[C@@H](C)[C@H](C/C=C(\C)c1ccccc1)C(=O)NO)(C(=O)NN)C(=O)[C@@H](C)N.Cc1ccc(S(=O)(=O)O)cc1. The average molecular weight is 605 g/mol. The van der Waals surface area contributed by atoms with Crippen molar-refractivity contribution < 1.29 is 32.6 Å². The maximum absolute atomic E-state index is 13.0. The van der Waals surface area contributed by atoms with Crippen molar-refractivity contribution in [1.29, 1.82) is 0 Å². The summed E-state index contributed by atoms with van der Waals surface area (Å²) in [4.78, 5) is 38.1. The van der Waals surface area contributed by atoms with Crippen molar-refractivity contribution in [1.82, 2.24) is 10.9 Å². The zero-order chi connectivity index (χ0) is 32.1. The van der Waals surface area contributed by atoms with Crippen LogP contribution in [0.1, 0.15) is 64.5 Å². The lowest BCUT2D eigenvalue weighted by Gasteiger charge is -2.35. The number of hydrogen-bond donors (Lipinski definition) is 6. The lowest BCUT2D eigenvalue weighted by Crippen LogP contribution is -2.54. The third-order valence-electron chi connectivity index (χ3n) is 7.16. The van der Waals surface area contributed by atoms with E-state index in [-0.39, 0.29) is 17.7 Å². The third-order valence-corrected chi connectivity index (χ3v) is 8.03. The van der Waals surface area contributed by atoms with Gasteiger partial charge < -0.3 is 5.73 Å². The second kappa shape index (κ2) is 16.9. The lowest BCUT2D eigenvalue weighted by molar-refractivity contribution is -0.147. The fourth-order valence-electron chi connectivity index (χ4n) is 4.85. The Balaban J connectivity index is 0.000000666. The summed E-state index contributed by atoms with van der Waals surface area (Å²) in [5, 5.41) is 9.28. The van der Waals surface area contributed by atoms with Gasteiger partial charge in [-0.15, -0.1) is 0 Å². The maximum atomic E-state index is 13.0. The molecule has 2 aromatic carbocycles. The van der Waals surface area contributed by atoms with Gasteiger partial charge in [0, 0.05) is 5.92 Å². The zero-order valence-electron chi connectivity index (χ0n) is 24.8. The molecule has 0 spiro atoms. The number of rotatable bonds is 13. The summed E-state index contributed by atoms with van der Waals surface area (Å²) in [5.41, 5.74) is 11.2. The molecule has 2 aromatic rings. The highest BCUT2D eigenvalue weighted by Gasteiger charge is 2.47. The maximum Gasteiger partial charge on any atom is 0.294 e. The van der Waals surface area contributed by atoms with E-state index in [1.165, 1.54) is 19.1 Å². The number of hydroxylamine groups is 1. The van der Waals surface area contributed by atoms with Crippen LogP contribution in [-0.4, -0.2) is 41.8 Å². The number of Topliss-reactive ketones (excluding diaryl/α,β-unsaturated/α-hetero) is 1. The van der Waals surface area contributed by atoms with Gasteiger partial charge in [0.2, 0.25) is 11.8 Å². The number of nitrogens with two attached hydrogens (primary N) is 2. The highest BCUT2D eigenvalue weighted by Crippen LogP contribution is 2.38.